The maximum atomic E-state index is 13.2. The molecule has 0 spiro atoms. The van der Waals surface area contributed by atoms with Gasteiger partial charge in [0.25, 0.3) is 5.91 Å². The van der Waals surface area contributed by atoms with Crippen LogP contribution in [0.4, 0.5) is 0 Å². The summed E-state index contributed by atoms with van der Waals surface area (Å²) in [4.78, 5) is 54.2. The lowest BCUT2D eigenvalue weighted by Gasteiger charge is -2.29. The Balaban J connectivity index is 1.89. The molecule has 3 atom stereocenters. The number of nitrogens with one attached hydrogen (secondary N) is 3. The minimum absolute atomic E-state index is 0.128. The van der Waals surface area contributed by atoms with Crippen molar-refractivity contribution in [2.75, 3.05) is 20.2 Å². The molecule has 0 radical (unpaired) electrons. The van der Waals surface area contributed by atoms with Crippen LogP contribution in [0.25, 0.3) is 0 Å². The molecule has 0 saturated heterocycles. The molecule has 1 aliphatic heterocycles. The molecule has 2 aromatic carbocycles. The van der Waals surface area contributed by atoms with Crippen molar-refractivity contribution in [3.8, 4) is 5.75 Å². The van der Waals surface area contributed by atoms with E-state index in [0.717, 1.165) is 11.1 Å². The van der Waals surface area contributed by atoms with Crippen LogP contribution in [-0.2, 0) is 20.9 Å². The fourth-order valence-electron chi connectivity index (χ4n) is 4.08. The molecular weight excluding hydrogens is 472 g/mol. The van der Waals surface area contributed by atoms with Crippen LogP contribution in [-0.4, -0.2) is 60.8 Å². The Morgan fingerprint density at radius 3 is 2.54 bits per heavy atom. The summed E-state index contributed by atoms with van der Waals surface area (Å²) in [6, 6.07) is 12.4. The van der Waals surface area contributed by atoms with Crippen molar-refractivity contribution in [3.63, 3.8) is 0 Å². The van der Waals surface area contributed by atoms with Gasteiger partial charge in [-0.2, -0.15) is 0 Å². The van der Waals surface area contributed by atoms with Gasteiger partial charge in [0.1, 0.15) is 24.4 Å². The molecule has 9 nitrogen and oxygen atoms in total. The maximum absolute atomic E-state index is 13.2. The molecule has 4 amide bonds. The predicted molar refractivity (Wildman–Crippen MR) is 140 cm³/mol. The largest absolute Gasteiger partial charge is 0.491 e. The number of hydrogen-bond donors (Lipinski definition) is 3. The summed E-state index contributed by atoms with van der Waals surface area (Å²) in [5.74, 6) is -1.55. The SMILES string of the molecule is CC[C@@H](C)[C@@H]1NC(=O)C[C@@H](C(=O)NCc2ccccc2C)NC(=O)c2ccccc2OCCN(C)C1=O. The fraction of sp³-hybridized carbons (Fsp3) is 0.429. The second-order valence-electron chi connectivity index (χ2n) is 9.41. The maximum Gasteiger partial charge on any atom is 0.255 e. The Morgan fingerprint density at radius 1 is 1.11 bits per heavy atom. The number of aryl methyl sites for hydroxylation is 1. The van der Waals surface area contributed by atoms with Gasteiger partial charge in [0.05, 0.1) is 18.5 Å². The van der Waals surface area contributed by atoms with Crippen LogP contribution in [0.5, 0.6) is 5.75 Å². The summed E-state index contributed by atoms with van der Waals surface area (Å²) in [6.45, 7) is 6.46. The van der Waals surface area contributed by atoms with Crippen LogP contribution >= 0.6 is 0 Å². The Hall–Kier alpha value is -3.88. The molecule has 37 heavy (non-hydrogen) atoms. The molecule has 0 aromatic heterocycles. The Labute approximate surface area is 217 Å². The molecule has 9 heteroatoms. The van der Waals surface area contributed by atoms with Crippen LogP contribution in [0, 0.1) is 12.8 Å². The summed E-state index contributed by atoms with van der Waals surface area (Å²) < 4.78 is 5.84. The summed E-state index contributed by atoms with van der Waals surface area (Å²) >= 11 is 0. The zero-order valence-electron chi connectivity index (χ0n) is 21.9. The number of nitrogens with zero attached hydrogens (tertiary/aromatic N) is 1. The third kappa shape index (κ3) is 7.31. The molecule has 0 bridgehead atoms. The molecule has 1 heterocycles. The van der Waals surface area contributed by atoms with E-state index >= 15 is 0 Å². The van der Waals surface area contributed by atoms with E-state index in [9.17, 15) is 19.2 Å². The highest BCUT2D eigenvalue weighted by Gasteiger charge is 2.32. The van der Waals surface area contributed by atoms with E-state index in [-0.39, 0.29) is 43.5 Å². The summed E-state index contributed by atoms with van der Waals surface area (Å²) in [5.41, 5.74) is 2.18. The van der Waals surface area contributed by atoms with Gasteiger partial charge in [-0.1, -0.05) is 56.7 Å². The first kappa shape index (κ1) is 27.7. The Bertz CT molecular complexity index is 1140. The number of para-hydroxylation sites is 1. The van der Waals surface area contributed by atoms with Crippen molar-refractivity contribution in [2.24, 2.45) is 5.92 Å². The molecule has 0 saturated carbocycles. The number of ether oxygens (including phenoxy) is 1. The van der Waals surface area contributed by atoms with Crippen molar-refractivity contribution < 1.29 is 23.9 Å². The van der Waals surface area contributed by atoms with E-state index in [1.165, 1.54) is 4.90 Å². The summed E-state index contributed by atoms with van der Waals surface area (Å²) in [7, 11) is 1.65. The monoisotopic (exact) mass is 508 g/mol. The first-order valence-electron chi connectivity index (χ1n) is 12.6. The van der Waals surface area contributed by atoms with E-state index in [1.54, 1.807) is 31.3 Å². The molecule has 3 N–H and O–H groups in total. The predicted octanol–water partition coefficient (Wildman–Crippen LogP) is 2.18. The van der Waals surface area contributed by atoms with Gasteiger partial charge in [-0.15, -0.1) is 0 Å². The molecule has 0 fully saturated rings. The number of hydrogen-bond acceptors (Lipinski definition) is 5. The lowest BCUT2D eigenvalue weighted by molar-refractivity contribution is -0.137. The fourth-order valence-corrected chi connectivity index (χ4v) is 4.08. The Morgan fingerprint density at radius 2 is 1.81 bits per heavy atom. The lowest BCUT2D eigenvalue weighted by Crippen LogP contribution is -2.54. The van der Waals surface area contributed by atoms with E-state index in [2.05, 4.69) is 16.0 Å². The number of carbonyl (C=O) groups is 4. The molecular formula is C28H36N4O5. The van der Waals surface area contributed by atoms with E-state index in [0.29, 0.717) is 12.2 Å². The van der Waals surface area contributed by atoms with Gasteiger partial charge in [0, 0.05) is 13.6 Å². The molecule has 3 rings (SSSR count). The number of fused-ring (bicyclic) bond motifs is 1. The third-order valence-electron chi connectivity index (χ3n) is 6.71. The van der Waals surface area contributed by atoms with Gasteiger partial charge < -0.3 is 25.6 Å². The smallest absolute Gasteiger partial charge is 0.255 e. The molecule has 2 aromatic rings. The molecule has 0 aliphatic carbocycles. The zero-order chi connectivity index (χ0) is 26.9. The van der Waals surface area contributed by atoms with Crippen molar-refractivity contribution in [1.29, 1.82) is 0 Å². The van der Waals surface area contributed by atoms with E-state index < -0.39 is 29.8 Å². The quantitative estimate of drug-likeness (QED) is 0.573. The van der Waals surface area contributed by atoms with Gasteiger partial charge >= 0.3 is 0 Å². The van der Waals surface area contributed by atoms with Crippen molar-refractivity contribution >= 4 is 23.6 Å². The first-order chi connectivity index (χ1) is 17.7. The van der Waals surface area contributed by atoms with E-state index in [4.69, 9.17) is 4.74 Å². The number of amides is 4. The lowest BCUT2D eigenvalue weighted by atomic mass is 9.97. The van der Waals surface area contributed by atoms with Gasteiger partial charge in [-0.25, -0.2) is 0 Å². The summed E-state index contributed by atoms with van der Waals surface area (Å²) in [5, 5.41) is 8.33. The number of benzene rings is 2. The van der Waals surface area contributed by atoms with Crippen molar-refractivity contribution in [1.82, 2.24) is 20.9 Å². The van der Waals surface area contributed by atoms with Crippen LogP contribution in [0.1, 0.15) is 48.2 Å². The van der Waals surface area contributed by atoms with Gasteiger partial charge in [0.2, 0.25) is 17.7 Å². The van der Waals surface area contributed by atoms with Gasteiger partial charge in [-0.3, -0.25) is 19.2 Å². The molecule has 0 unspecified atom stereocenters. The van der Waals surface area contributed by atoms with Crippen LogP contribution in [0.2, 0.25) is 0 Å². The van der Waals surface area contributed by atoms with Crippen molar-refractivity contribution in [3.05, 3.63) is 65.2 Å². The van der Waals surface area contributed by atoms with Crippen LogP contribution in [0.15, 0.2) is 48.5 Å². The highest BCUT2D eigenvalue weighted by molar-refractivity contribution is 6.01. The van der Waals surface area contributed by atoms with Gasteiger partial charge in [0.15, 0.2) is 0 Å². The zero-order valence-corrected chi connectivity index (χ0v) is 21.9. The first-order valence-corrected chi connectivity index (χ1v) is 12.6. The number of rotatable bonds is 5. The second kappa shape index (κ2) is 12.9. The second-order valence-corrected chi connectivity index (χ2v) is 9.41. The third-order valence-corrected chi connectivity index (χ3v) is 6.71. The average Bonchev–Trinajstić information content (AvgIpc) is 2.89. The van der Waals surface area contributed by atoms with Crippen molar-refractivity contribution in [2.45, 2.75) is 52.2 Å². The van der Waals surface area contributed by atoms with Crippen LogP contribution in [0.3, 0.4) is 0 Å². The molecule has 1 aliphatic rings. The highest BCUT2D eigenvalue weighted by atomic mass is 16.5. The highest BCUT2D eigenvalue weighted by Crippen LogP contribution is 2.19. The number of carbonyl (C=O) groups excluding carboxylic acids is 4. The van der Waals surface area contributed by atoms with Crippen LogP contribution < -0.4 is 20.7 Å². The summed E-state index contributed by atoms with van der Waals surface area (Å²) in [6.07, 6.45) is 0.351. The topological polar surface area (TPSA) is 117 Å². The minimum atomic E-state index is -1.15. The standard InChI is InChI=1S/C28H36N4O5/c1-5-18(2)25-28(36)32(4)14-15-37-23-13-9-8-12-21(23)26(34)30-22(16-24(33)31-25)27(35)29-17-20-11-7-6-10-19(20)3/h6-13,18,22,25H,5,14-17H2,1-4H3,(H,29,35)(H,30,34)(H,31,33)/t18-,22+,25+/m1/s1. The Kier molecular flexibility index (Phi) is 9.65. The normalized spacial score (nSPS) is 20.0. The average molecular weight is 509 g/mol. The van der Waals surface area contributed by atoms with Gasteiger partial charge in [-0.05, 0) is 36.1 Å². The number of likely N-dealkylation sites (N-methyl/N-ethyl adjacent to an activating group) is 1. The molecule has 198 valence electrons. The minimum Gasteiger partial charge on any atom is -0.491 e. The van der Waals surface area contributed by atoms with E-state index in [1.807, 2.05) is 45.0 Å².